The number of ketones is 2. The first-order valence-electron chi connectivity index (χ1n) is 3.10. The predicted octanol–water partition coefficient (Wildman–Crippen LogP) is 0.110. The molecule has 0 aliphatic carbocycles. The third kappa shape index (κ3) is 9.97. The van der Waals surface area contributed by atoms with Crippen molar-refractivity contribution < 1.29 is 36.2 Å². The molecule has 0 heterocycles. The van der Waals surface area contributed by atoms with Gasteiger partial charge in [-0.1, -0.05) is 0 Å². The summed E-state index contributed by atoms with van der Waals surface area (Å²) >= 11 is -1.00. The standard InChI is InChI=1S/2C3H5O2.Ti/c2*1-3(5)2-4;/h2*2H2,1H3;/q2*-1;+2. The third-order valence-corrected chi connectivity index (χ3v) is 1.49. The van der Waals surface area contributed by atoms with Crippen molar-refractivity contribution in [3.63, 3.8) is 0 Å². The van der Waals surface area contributed by atoms with E-state index in [-0.39, 0.29) is 24.8 Å². The summed E-state index contributed by atoms with van der Waals surface area (Å²) in [5.74, 6) is -0.0552. The molecule has 62 valence electrons. The molecule has 0 aliphatic rings. The van der Waals surface area contributed by atoms with E-state index in [4.69, 9.17) is 6.64 Å². The summed E-state index contributed by atoms with van der Waals surface area (Å²) in [5.41, 5.74) is 0. The minimum absolute atomic E-state index is 0.0276. The molecule has 0 aromatic rings. The average Bonchev–Trinajstić information content (AvgIpc) is 1.85. The molecule has 0 aliphatic heterocycles. The van der Waals surface area contributed by atoms with Crippen LogP contribution in [-0.2, 0) is 36.2 Å². The van der Waals surface area contributed by atoms with Gasteiger partial charge < -0.3 is 0 Å². The van der Waals surface area contributed by atoms with Gasteiger partial charge in [-0.15, -0.1) is 0 Å². The summed E-state index contributed by atoms with van der Waals surface area (Å²) in [6.07, 6.45) is 0. The van der Waals surface area contributed by atoms with E-state index in [1.165, 1.54) is 13.8 Å². The van der Waals surface area contributed by atoms with Gasteiger partial charge in [0.25, 0.3) is 0 Å². The number of carbonyl (C=O) groups is 2. The summed E-state index contributed by atoms with van der Waals surface area (Å²) in [4.78, 5) is 20.6. The van der Waals surface area contributed by atoms with Gasteiger partial charge in [-0.2, -0.15) is 0 Å². The van der Waals surface area contributed by atoms with Crippen LogP contribution in [0.5, 0.6) is 0 Å². The first kappa shape index (κ1) is 11.0. The number of hydrogen-bond donors (Lipinski definition) is 0. The fourth-order valence-corrected chi connectivity index (χ4v) is 1.25. The number of Topliss-reactive ketones (excluding diaryl/α,β-unsaturated/α-hetero) is 2. The zero-order valence-corrected chi connectivity index (χ0v) is 8.11. The van der Waals surface area contributed by atoms with Crippen molar-refractivity contribution in [3.8, 4) is 0 Å². The van der Waals surface area contributed by atoms with Crippen LogP contribution in [0.1, 0.15) is 13.8 Å². The molecule has 0 unspecified atom stereocenters. The Bertz CT molecular complexity index is 130. The van der Waals surface area contributed by atoms with E-state index in [9.17, 15) is 9.59 Å². The van der Waals surface area contributed by atoms with Crippen molar-refractivity contribution in [1.29, 1.82) is 0 Å². The van der Waals surface area contributed by atoms with E-state index in [2.05, 4.69) is 0 Å². The molecule has 0 rings (SSSR count). The molecule has 5 heteroatoms. The molecule has 0 fully saturated rings. The van der Waals surface area contributed by atoms with E-state index in [1.807, 2.05) is 0 Å². The van der Waals surface area contributed by atoms with E-state index >= 15 is 0 Å². The normalized spacial score (nSPS) is 9.27. The zero-order chi connectivity index (χ0) is 8.69. The van der Waals surface area contributed by atoms with Crippen LogP contribution in [0.15, 0.2) is 0 Å². The van der Waals surface area contributed by atoms with E-state index in [0.717, 1.165) is 0 Å². The fraction of sp³-hybridized carbons (Fsp3) is 0.667. The molecule has 0 spiro atoms. The molecule has 0 bridgehead atoms. The Labute approximate surface area is 75.1 Å². The van der Waals surface area contributed by atoms with Crippen LogP contribution < -0.4 is 0 Å². The monoisotopic (exact) mass is 194 g/mol. The van der Waals surface area contributed by atoms with Gasteiger partial charge in [-0.25, -0.2) is 0 Å². The Morgan fingerprint density at radius 3 is 1.73 bits per heavy atom. The summed E-state index contributed by atoms with van der Waals surface area (Å²) in [6, 6.07) is 0. The van der Waals surface area contributed by atoms with Crippen LogP contribution in [0.2, 0.25) is 0 Å². The Kier molecular flexibility index (Phi) is 6.65. The van der Waals surface area contributed by atoms with Gasteiger partial charge in [0.2, 0.25) is 0 Å². The molecule has 0 atom stereocenters. The average molecular weight is 194 g/mol. The summed E-state index contributed by atoms with van der Waals surface area (Å²) in [7, 11) is 0. The van der Waals surface area contributed by atoms with Gasteiger partial charge >= 0.3 is 74.8 Å². The molecule has 0 saturated heterocycles. The van der Waals surface area contributed by atoms with Crippen LogP contribution in [0.4, 0.5) is 0 Å². The van der Waals surface area contributed by atoms with Crippen molar-refractivity contribution in [2.45, 2.75) is 13.8 Å². The molecule has 0 saturated carbocycles. The van der Waals surface area contributed by atoms with Crippen LogP contribution in [0.3, 0.4) is 0 Å². The summed E-state index contributed by atoms with van der Waals surface area (Å²) in [5, 5.41) is 0. The summed E-state index contributed by atoms with van der Waals surface area (Å²) in [6.45, 7) is 3.07. The Balaban J connectivity index is 3.03. The second-order valence-electron chi connectivity index (χ2n) is 2.06. The van der Waals surface area contributed by atoms with Crippen molar-refractivity contribution in [2.24, 2.45) is 0 Å². The van der Waals surface area contributed by atoms with Crippen LogP contribution >= 0.6 is 0 Å². The van der Waals surface area contributed by atoms with Gasteiger partial charge in [-0.3, -0.25) is 0 Å². The van der Waals surface area contributed by atoms with Crippen molar-refractivity contribution in [2.75, 3.05) is 13.2 Å². The van der Waals surface area contributed by atoms with Gasteiger partial charge in [0, 0.05) is 0 Å². The first-order chi connectivity index (χ1) is 5.13. The zero-order valence-electron chi connectivity index (χ0n) is 6.55. The fourth-order valence-electron chi connectivity index (χ4n) is 0.304. The van der Waals surface area contributed by atoms with Gasteiger partial charge in [0.15, 0.2) is 0 Å². The molecule has 0 amide bonds. The first-order valence-corrected chi connectivity index (χ1v) is 4.38. The molecular weight excluding hydrogens is 184 g/mol. The molecule has 0 radical (unpaired) electrons. The van der Waals surface area contributed by atoms with E-state index in [0.29, 0.717) is 0 Å². The van der Waals surface area contributed by atoms with Gasteiger partial charge in [0.05, 0.1) is 0 Å². The van der Waals surface area contributed by atoms with E-state index < -0.39 is 19.9 Å². The molecule has 0 aromatic carbocycles. The minimum atomic E-state index is -1.00. The summed E-state index contributed by atoms with van der Waals surface area (Å²) < 4.78 is 9.69. The predicted molar refractivity (Wildman–Crippen MR) is 33.3 cm³/mol. The van der Waals surface area contributed by atoms with E-state index in [1.54, 1.807) is 0 Å². The van der Waals surface area contributed by atoms with Crippen molar-refractivity contribution in [1.82, 2.24) is 0 Å². The molecule has 0 aromatic heterocycles. The maximum atomic E-state index is 10.3. The number of carbonyl (C=O) groups excluding carboxylic acids is 2. The van der Waals surface area contributed by atoms with Crippen LogP contribution in [0, 0.1) is 0 Å². The molecule has 11 heavy (non-hydrogen) atoms. The Morgan fingerprint density at radius 2 is 1.45 bits per heavy atom. The Morgan fingerprint density at radius 1 is 1.09 bits per heavy atom. The van der Waals surface area contributed by atoms with Gasteiger partial charge in [-0.05, 0) is 0 Å². The van der Waals surface area contributed by atoms with Crippen molar-refractivity contribution in [3.05, 3.63) is 0 Å². The maximum absolute atomic E-state index is 10.3. The quantitative estimate of drug-likeness (QED) is 0.444. The Hall–Kier alpha value is -0.0257. The van der Waals surface area contributed by atoms with Gasteiger partial charge in [0.1, 0.15) is 0 Å². The molecule has 0 N–H and O–H groups in total. The number of hydrogen-bond acceptors (Lipinski definition) is 4. The van der Waals surface area contributed by atoms with Crippen molar-refractivity contribution >= 4 is 11.6 Å². The third-order valence-electron chi connectivity index (χ3n) is 0.669. The molecular formula is C6H10O4Ti. The van der Waals surface area contributed by atoms with Crippen LogP contribution in [0.25, 0.3) is 0 Å². The topological polar surface area (TPSA) is 52.6 Å². The van der Waals surface area contributed by atoms with Crippen LogP contribution in [-0.4, -0.2) is 24.8 Å². The SMILES string of the molecule is CC(=O)C[O][Ti][O]CC(C)=O. The molecule has 4 nitrogen and oxygen atoms in total. The number of rotatable bonds is 6. The second kappa shape index (κ2) is 6.67. The second-order valence-corrected chi connectivity index (χ2v) is 3.23.